The fourth-order valence-electron chi connectivity index (χ4n) is 11.2. The molecule has 0 spiro atoms. The zero-order valence-electron chi connectivity index (χ0n) is 51.8. The maximum atomic E-state index is 12.5. The van der Waals surface area contributed by atoms with Gasteiger partial charge in [-0.2, -0.15) is 0 Å². The minimum Gasteiger partial charge on any atom is -0.466 e. The van der Waals surface area contributed by atoms with Crippen molar-refractivity contribution in [2.75, 3.05) is 13.2 Å². The molecule has 452 valence electrons. The molecule has 76 heavy (non-hydrogen) atoms. The molecule has 0 aromatic carbocycles. The minimum absolute atomic E-state index is 0.00887. The number of carbonyl (C=O) groups is 2. The Balaban J connectivity index is 3.35. The second-order valence-corrected chi connectivity index (χ2v) is 24.2. The summed E-state index contributed by atoms with van der Waals surface area (Å²) in [5, 5.41) is 23.4. The van der Waals surface area contributed by atoms with Crippen LogP contribution in [0.25, 0.3) is 0 Å². The summed E-state index contributed by atoms with van der Waals surface area (Å²) < 4.78 is 5.47. The fourth-order valence-corrected chi connectivity index (χ4v) is 11.2. The number of hydrogen-bond acceptors (Lipinski definition) is 5. The van der Waals surface area contributed by atoms with E-state index in [0.29, 0.717) is 25.9 Å². The maximum Gasteiger partial charge on any atom is 0.305 e. The third kappa shape index (κ3) is 61.8. The molecule has 0 aromatic rings. The molecule has 0 aliphatic heterocycles. The van der Waals surface area contributed by atoms with E-state index in [1.54, 1.807) is 0 Å². The Labute approximate surface area is 476 Å². The predicted octanol–water partition coefficient (Wildman–Crippen LogP) is 22.4. The minimum atomic E-state index is -0.662. The van der Waals surface area contributed by atoms with Crippen LogP contribution >= 0.6 is 0 Å². The lowest BCUT2D eigenvalue weighted by atomic mass is 10.0. The predicted molar refractivity (Wildman–Crippen MR) is 333 cm³/mol. The van der Waals surface area contributed by atoms with Crippen molar-refractivity contribution in [3.8, 4) is 0 Å². The van der Waals surface area contributed by atoms with Gasteiger partial charge in [0.05, 0.1) is 25.4 Å². The number of nitrogens with one attached hydrogen (secondary N) is 1. The van der Waals surface area contributed by atoms with E-state index in [4.69, 9.17) is 4.74 Å². The SMILES string of the molecule is CCCCC/C=C\CCCCCCCC(=O)OCCCCCCCCCCCCCCCCCCCCCCCCCCCCCC(=O)NC(CO)C(O)CCCCCCCCCCCCCCCCCCCCCC. The van der Waals surface area contributed by atoms with Crippen LogP contribution in [-0.4, -0.2) is 47.4 Å². The van der Waals surface area contributed by atoms with Crippen molar-refractivity contribution in [2.45, 2.75) is 411 Å². The molecular weight excluding hydrogens is 935 g/mol. The first kappa shape index (κ1) is 74.6. The largest absolute Gasteiger partial charge is 0.466 e. The fraction of sp³-hybridized carbons (Fsp3) is 0.943. The van der Waals surface area contributed by atoms with Crippen LogP contribution < -0.4 is 5.32 Å². The number of aliphatic hydroxyl groups is 2. The molecule has 2 atom stereocenters. The highest BCUT2D eigenvalue weighted by Gasteiger charge is 2.20. The summed E-state index contributed by atoms with van der Waals surface area (Å²) in [5.41, 5.74) is 0. The maximum absolute atomic E-state index is 12.5. The lowest BCUT2D eigenvalue weighted by Gasteiger charge is -2.22. The first-order chi connectivity index (χ1) is 37.5. The smallest absolute Gasteiger partial charge is 0.305 e. The molecule has 0 radical (unpaired) electrons. The standard InChI is InChI=1S/C70H137NO5/c1-3-5-7-9-11-13-15-17-18-19-20-30-33-36-39-42-46-50-54-58-62-68(73)67(66-72)71-69(74)63-59-55-51-47-43-40-37-34-31-28-26-24-22-21-23-25-27-29-32-35-38-41-45-49-53-57-61-65-76-70(75)64-60-56-52-48-44-16-14-12-10-8-6-4-2/h12,14,67-68,72-73H,3-11,13,15-66H2,1-2H3,(H,71,74)/b14-12-. The Morgan fingerprint density at radius 2 is 0.618 bits per heavy atom. The average Bonchev–Trinajstić information content (AvgIpc) is 3.42. The normalized spacial score (nSPS) is 12.5. The monoisotopic (exact) mass is 1070 g/mol. The molecule has 0 saturated heterocycles. The van der Waals surface area contributed by atoms with Crippen LogP contribution in [0.5, 0.6) is 0 Å². The molecule has 2 unspecified atom stereocenters. The Morgan fingerprint density at radius 1 is 0.355 bits per heavy atom. The van der Waals surface area contributed by atoms with Crippen molar-refractivity contribution < 1.29 is 24.5 Å². The van der Waals surface area contributed by atoms with E-state index < -0.39 is 12.1 Å². The summed E-state index contributed by atoms with van der Waals surface area (Å²) in [6.45, 7) is 4.97. The summed E-state index contributed by atoms with van der Waals surface area (Å²) in [5.74, 6) is -0.0187. The Morgan fingerprint density at radius 3 is 0.961 bits per heavy atom. The van der Waals surface area contributed by atoms with Crippen LogP contribution in [0.1, 0.15) is 399 Å². The molecule has 0 aliphatic carbocycles. The highest BCUT2D eigenvalue weighted by Crippen LogP contribution is 2.19. The van der Waals surface area contributed by atoms with E-state index in [9.17, 15) is 19.8 Å². The average molecular weight is 1070 g/mol. The lowest BCUT2D eigenvalue weighted by Crippen LogP contribution is -2.45. The third-order valence-corrected chi connectivity index (χ3v) is 16.6. The zero-order valence-corrected chi connectivity index (χ0v) is 51.8. The number of ether oxygens (including phenoxy) is 1. The molecule has 0 saturated carbocycles. The molecule has 0 fully saturated rings. The van der Waals surface area contributed by atoms with Gasteiger partial charge in [-0.1, -0.05) is 347 Å². The molecule has 3 N–H and O–H groups in total. The van der Waals surface area contributed by atoms with Crippen molar-refractivity contribution in [1.29, 1.82) is 0 Å². The molecule has 0 bridgehead atoms. The molecule has 6 nitrogen and oxygen atoms in total. The highest BCUT2D eigenvalue weighted by atomic mass is 16.5. The van der Waals surface area contributed by atoms with Crippen LogP contribution in [0.3, 0.4) is 0 Å². The second-order valence-electron chi connectivity index (χ2n) is 24.2. The van der Waals surface area contributed by atoms with Gasteiger partial charge in [-0.3, -0.25) is 9.59 Å². The van der Waals surface area contributed by atoms with Gasteiger partial charge in [0.2, 0.25) is 5.91 Å². The van der Waals surface area contributed by atoms with E-state index in [-0.39, 0.29) is 18.5 Å². The van der Waals surface area contributed by atoms with Crippen LogP contribution in [0.4, 0.5) is 0 Å². The highest BCUT2D eigenvalue weighted by molar-refractivity contribution is 5.76. The van der Waals surface area contributed by atoms with Gasteiger partial charge < -0.3 is 20.3 Å². The van der Waals surface area contributed by atoms with E-state index in [0.717, 1.165) is 44.9 Å². The summed E-state index contributed by atoms with van der Waals surface area (Å²) in [6, 6.07) is -0.539. The van der Waals surface area contributed by atoms with Gasteiger partial charge in [0.1, 0.15) is 0 Å². The van der Waals surface area contributed by atoms with E-state index in [1.165, 1.54) is 321 Å². The van der Waals surface area contributed by atoms with Crippen molar-refractivity contribution in [2.24, 2.45) is 0 Å². The van der Waals surface area contributed by atoms with E-state index in [1.807, 2.05) is 0 Å². The van der Waals surface area contributed by atoms with E-state index >= 15 is 0 Å². The quantitative estimate of drug-likeness (QED) is 0.0320. The third-order valence-electron chi connectivity index (χ3n) is 16.6. The first-order valence-electron chi connectivity index (χ1n) is 34.9. The molecular formula is C70H137NO5. The zero-order chi connectivity index (χ0) is 55.0. The number of unbranched alkanes of at least 4 members (excludes halogenated alkanes) is 53. The van der Waals surface area contributed by atoms with Crippen LogP contribution in [0, 0.1) is 0 Å². The number of hydrogen-bond donors (Lipinski definition) is 3. The Hall–Kier alpha value is -1.40. The lowest BCUT2D eigenvalue weighted by molar-refractivity contribution is -0.143. The van der Waals surface area contributed by atoms with Gasteiger partial charge in [0.25, 0.3) is 0 Å². The summed E-state index contributed by atoms with van der Waals surface area (Å²) in [4.78, 5) is 24.6. The van der Waals surface area contributed by atoms with Gasteiger partial charge >= 0.3 is 5.97 Å². The number of esters is 1. The van der Waals surface area contributed by atoms with Crippen molar-refractivity contribution in [3.63, 3.8) is 0 Å². The van der Waals surface area contributed by atoms with Gasteiger partial charge in [-0.15, -0.1) is 0 Å². The van der Waals surface area contributed by atoms with Crippen molar-refractivity contribution >= 4 is 11.9 Å². The second kappa shape index (κ2) is 66.1. The molecule has 0 aromatic heterocycles. The summed E-state index contributed by atoms with van der Waals surface area (Å²) >= 11 is 0. The van der Waals surface area contributed by atoms with E-state index in [2.05, 4.69) is 31.3 Å². The topological polar surface area (TPSA) is 95.9 Å². The molecule has 6 heteroatoms. The van der Waals surface area contributed by atoms with Crippen LogP contribution in [-0.2, 0) is 14.3 Å². The number of amides is 1. The molecule has 0 heterocycles. The van der Waals surface area contributed by atoms with Crippen molar-refractivity contribution in [3.05, 3.63) is 12.2 Å². The van der Waals surface area contributed by atoms with Crippen molar-refractivity contribution in [1.82, 2.24) is 5.32 Å². The Kier molecular flexibility index (Phi) is 64.9. The first-order valence-corrected chi connectivity index (χ1v) is 34.9. The Bertz CT molecular complexity index is 1140. The molecule has 0 aliphatic rings. The van der Waals surface area contributed by atoms with Crippen LogP contribution in [0.2, 0.25) is 0 Å². The molecule has 0 rings (SSSR count). The summed E-state index contributed by atoms with van der Waals surface area (Å²) in [7, 11) is 0. The number of allylic oxidation sites excluding steroid dienone is 2. The number of rotatable bonds is 66. The van der Waals surface area contributed by atoms with Gasteiger partial charge in [0, 0.05) is 12.8 Å². The summed E-state index contributed by atoms with van der Waals surface area (Å²) in [6.07, 6.45) is 81.1. The number of carbonyl (C=O) groups excluding carboxylic acids is 2. The van der Waals surface area contributed by atoms with Gasteiger partial charge in [-0.25, -0.2) is 0 Å². The number of aliphatic hydroxyl groups excluding tert-OH is 2. The van der Waals surface area contributed by atoms with Gasteiger partial charge in [0.15, 0.2) is 0 Å². The molecule has 1 amide bonds. The van der Waals surface area contributed by atoms with Crippen LogP contribution in [0.15, 0.2) is 12.2 Å². The van der Waals surface area contributed by atoms with Gasteiger partial charge in [-0.05, 0) is 51.4 Å².